The van der Waals surface area contributed by atoms with Crippen molar-refractivity contribution < 1.29 is 14.3 Å². The van der Waals surface area contributed by atoms with E-state index in [1.807, 2.05) is 42.5 Å². The minimum Gasteiger partial charge on any atom is -0.476 e. The van der Waals surface area contributed by atoms with E-state index in [1.165, 1.54) is 12.5 Å². The van der Waals surface area contributed by atoms with E-state index in [1.54, 1.807) is 11.0 Å². The van der Waals surface area contributed by atoms with Gasteiger partial charge in [-0.15, -0.1) is 0 Å². The molecule has 0 saturated heterocycles. The average Bonchev–Trinajstić information content (AvgIpc) is 2.60. The first kappa shape index (κ1) is 18.0. The van der Waals surface area contributed by atoms with Crippen LogP contribution in [0.25, 0.3) is 0 Å². The second-order valence-electron chi connectivity index (χ2n) is 7.52. The number of hydrogen-bond donors (Lipinski definition) is 1. The fourth-order valence-corrected chi connectivity index (χ4v) is 2.95. The topological polar surface area (TPSA) is 58.6 Å². The number of carbonyl (C=O) groups excluding carboxylic acids is 2. The predicted molar refractivity (Wildman–Crippen MR) is 103 cm³/mol. The summed E-state index contributed by atoms with van der Waals surface area (Å²) >= 11 is 0. The number of nitrogens with zero attached hydrogens (tertiary/aromatic N) is 1. The predicted octanol–water partition coefficient (Wildman–Crippen LogP) is 3.74. The number of fused-ring (bicyclic) bond motifs is 1. The minimum absolute atomic E-state index is 0.0563. The minimum atomic E-state index is -0.754. The van der Waals surface area contributed by atoms with E-state index < -0.39 is 6.10 Å². The monoisotopic (exact) mass is 352 g/mol. The molecule has 0 aliphatic carbocycles. The Labute approximate surface area is 154 Å². The lowest BCUT2D eigenvalue weighted by Crippen LogP contribution is -2.48. The van der Waals surface area contributed by atoms with Crippen LogP contribution in [0.2, 0.25) is 0 Å². The molecule has 1 heterocycles. The lowest BCUT2D eigenvalue weighted by atomic mass is 9.87. The molecule has 0 unspecified atom stereocenters. The van der Waals surface area contributed by atoms with Crippen molar-refractivity contribution in [2.75, 3.05) is 16.8 Å². The molecule has 1 atom stereocenters. The summed E-state index contributed by atoms with van der Waals surface area (Å²) in [7, 11) is 0. The van der Waals surface area contributed by atoms with Crippen molar-refractivity contribution in [2.24, 2.45) is 0 Å². The number of rotatable bonds is 2. The molecular weight excluding hydrogens is 328 g/mol. The number of hydrogen-bond acceptors (Lipinski definition) is 3. The van der Waals surface area contributed by atoms with Gasteiger partial charge in [-0.25, -0.2) is 0 Å². The normalized spacial score (nSPS) is 16.5. The summed E-state index contributed by atoms with van der Waals surface area (Å²) in [5.74, 6) is 0.152. The Morgan fingerprint density at radius 2 is 1.73 bits per heavy atom. The third-order valence-electron chi connectivity index (χ3n) is 4.46. The lowest BCUT2D eigenvalue weighted by molar-refractivity contribution is -0.123. The number of para-hydroxylation sites is 2. The number of benzene rings is 2. The first-order valence-electron chi connectivity index (χ1n) is 8.71. The zero-order valence-electron chi connectivity index (χ0n) is 15.6. The molecule has 2 amide bonds. The van der Waals surface area contributed by atoms with Gasteiger partial charge in [0, 0.05) is 12.6 Å². The molecule has 0 bridgehead atoms. The van der Waals surface area contributed by atoms with Gasteiger partial charge in [-0.2, -0.15) is 0 Å². The van der Waals surface area contributed by atoms with Crippen molar-refractivity contribution in [3.05, 3.63) is 54.1 Å². The lowest BCUT2D eigenvalue weighted by Gasteiger charge is -2.33. The van der Waals surface area contributed by atoms with E-state index in [0.717, 1.165) is 0 Å². The van der Waals surface area contributed by atoms with Crippen molar-refractivity contribution in [3.8, 4) is 5.75 Å². The standard InChI is InChI=1S/C21H24N2O3/c1-14(24)23-13-19(26-18-8-6-5-7-17(18)23)20(25)22-16-11-9-15(10-12-16)21(2,3)4/h5-12,19H,13H2,1-4H3,(H,22,25)/t19-/m1/s1. The molecule has 1 N–H and O–H groups in total. The molecule has 136 valence electrons. The molecule has 5 nitrogen and oxygen atoms in total. The summed E-state index contributed by atoms with van der Waals surface area (Å²) in [4.78, 5) is 26.2. The molecule has 1 aliphatic heterocycles. The highest BCUT2D eigenvalue weighted by atomic mass is 16.5. The summed E-state index contributed by atoms with van der Waals surface area (Å²) < 4.78 is 5.82. The number of anilines is 2. The van der Waals surface area contributed by atoms with Gasteiger partial charge in [0.1, 0.15) is 5.75 Å². The molecule has 0 fully saturated rings. The van der Waals surface area contributed by atoms with Crippen molar-refractivity contribution in [3.63, 3.8) is 0 Å². The highest BCUT2D eigenvalue weighted by Gasteiger charge is 2.32. The second kappa shape index (κ2) is 6.83. The molecule has 1 aliphatic rings. The first-order valence-corrected chi connectivity index (χ1v) is 8.71. The third-order valence-corrected chi connectivity index (χ3v) is 4.46. The van der Waals surface area contributed by atoms with Gasteiger partial charge in [0.05, 0.1) is 12.2 Å². The van der Waals surface area contributed by atoms with Crippen molar-refractivity contribution in [1.82, 2.24) is 0 Å². The Kier molecular flexibility index (Phi) is 4.72. The van der Waals surface area contributed by atoms with E-state index >= 15 is 0 Å². The molecule has 2 aromatic carbocycles. The Morgan fingerprint density at radius 3 is 2.35 bits per heavy atom. The first-order chi connectivity index (χ1) is 12.3. The Balaban J connectivity index is 1.75. The smallest absolute Gasteiger partial charge is 0.267 e. The van der Waals surface area contributed by atoms with Gasteiger partial charge in [-0.1, -0.05) is 45.0 Å². The van der Waals surface area contributed by atoms with Crippen LogP contribution >= 0.6 is 0 Å². The van der Waals surface area contributed by atoms with Gasteiger partial charge in [-0.05, 0) is 35.2 Å². The van der Waals surface area contributed by atoms with Crippen molar-refractivity contribution in [1.29, 1.82) is 0 Å². The average molecular weight is 352 g/mol. The van der Waals surface area contributed by atoms with Crippen LogP contribution in [0.15, 0.2) is 48.5 Å². The highest BCUT2D eigenvalue weighted by Crippen LogP contribution is 2.33. The van der Waals surface area contributed by atoms with Crippen LogP contribution in [0.5, 0.6) is 5.75 Å². The van der Waals surface area contributed by atoms with E-state index in [-0.39, 0.29) is 23.8 Å². The van der Waals surface area contributed by atoms with Gasteiger partial charge in [0.15, 0.2) is 6.10 Å². The van der Waals surface area contributed by atoms with Gasteiger partial charge >= 0.3 is 0 Å². The van der Waals surface area contributed by atoms with Crippen LogP contribution in [0, 0.1) is 0 Å². The molecule has 0 aromatic heterocycles. The maximum absolute atomic E-state index is 12.7. The van der Waals surface area contributed by atoms with Gasteiger partial charge in [0.25, 0.3) is 5.91 Å². The molecular formula is C21H24N2O3. The van der Waals surface area contributed by atoms with Crippen LogP contribution in [0.3, 0.4) is 0 Å². The quantitative estimate of drug-likeness (QED) is 0.896. The number of nitrogens with one attached hydrogen (secondary N) is 1. The molecule has 0 radical (unpaired) electrons. The maximum atomic E-state index is 12.7. The fraction of sp³-hybridized carbons (Fsp3) is 0.333. The highest BCUT2D eigenvalue weighted by molar-refractivity contribution is 5.99. The zero-order chi connectivity index (χ0) is 18.9. The van der Waals surface area contributed by atoms with E-state index in [4.69, 9.17) is 4.74 Å². The SMILES string of the molecule is CC(=O)N1C[C@H](C(=O)Nc2ccc(C(C)(C)C)cc2)Oc2ccccc21. The van der Waals surface area contributed by atoms with E-state index in [2.05, 4.69) is 26.1 Å². The van der Waals surface area contributed by atoms with Crippen LogP contribution in [-0.4, -0.2) is 24.5 Å². The summed E-state index contributed by atoms with van der Waals surface area (Å²) in [5, 5.41) is 2.88. The fourth-order valence-electron chi connectivity index (χ4n) is 2.95. The molecule has 5 heteroatoms. The Bertz CT molecular complexity index is 822. The van der Waals surface area contributed by atoms with Crippen LogP contribution in [-0.2, 0) is 15.0 Å². The summed E-state index contributed by atoms with van der Waals surface area (Å²) in [6.45, 7) is 8.11. The Morgan fingerprint density at radius 1 is 1.08 bits per heavy atom. The molecule has 26 heavy (non-hydrogen) atoms. The largest absolute Gasteiger partial charge is 0.476 e. The number of carbonyl (C=O) groups is 2. The number of amides is 2. The molecule has 3 rings (SSSR count). The van der Waals surface area contributed by atoms with E-state index in [9.17, 15) is 9.59 Å². The summed E-state index contributed by atoms with van der Waals surface area (Å²) in [6, 6.07) is 15.0. The van der Waals surface area contributed by atoms with Crippen LogP contribution < -0.4 is 15.0 Å². The summed E-state index contributed by atoms with van der Waals surface area (Å²) in [5.41, 5.74) is 2.65. The maximum Gasteiger partial charge on any atom is 0.267 e. The molecule has 0 spiro atoms. The Hall–Kier alpha value is -2.82. The summed E-state index contributed by atoms with van der Waals surface area (Å²) in [6.07, 6.45) is -0.754. The second-order valence-corrected chi connectivity index (χ2v) is 7.52. The van der Waals surface area contributed by atoms with Crippen molar-refractivity contribution in [2.45, 2.75) is 39.2 Å². The van der Waals surface area contributed by atoms with Gasteiger partial charge in [0.2, 0.25) is 5.91 Å². The zero-order valence-corrected chi connectivity index (χ0v) is 15.6. The van der Waals surface area contributed by atoms with Gasteiger partial charge in [-0.3, -0.25) is 9.59 Å². The van der Waals surface area contributed by atoms with E-state index in [0.29, 0.717) is 17.1 Å². The molecule has 2 aromatic rings. The third kappa shape index (κ3) is 3.72. The van der Waals surface area contributed by atoms with Crippen LogP contribution in [0.1, 0.15) is 33.3 Å². The van der Waals surface area contributed by atoms with Crippen molar-refractivity contribution >= 4 is 23.2 Å². The van der Waals surface area contributed by atoms with Crippen LogP contribution in [0.4, 0.5) is 11.4 Å². The number of ether oxygens (including phenoxy) is 1. The van der Waals surface area contributed by atoms with Gasteiger partial charge < -0.3 is 15.0 Å². The molecule has 0 saturated carbocycles.